The summed E-state index contributed by atoms with van der Waals surface area (Å²) in [5, 5.41) is 2.87. The first-order valence-electron chi connectivity index (χ1n) is 5.39. The molecule has 17 heavy (non-hydrogen) atoms. The molecule has 0 atom stereocenters. The fraction of sp³-hybridized carbons (Fsp3) is 0.308. The van der Waals surface area contributed by atoms with Crippen molar-refractivity contribution in [3.8, 4) is 0 Å². The van der Waals surface area contributed by atoms with Gasteiger partial charge in [0.25, 0.3) is 5.91 Å². The minimum atomic E-state index is -0.0452. The second-order valence-electron chi connectivity index (χ2n) is 3.45. The van der Waals surface area contributed by atoms with E-state index in [1.165, 1.54) is 0 Å². The largest absolute Gasteiger partial charge is 0.351 e. The number of carbonyl (C=O) groups excluding carboxylic acids is 1. The van der Waals surface area contributed by atoms with Crippen LogP contribution in [0.1, 0.15) is 15.9 Å². The molecular weight excluding hydrogens is 254 g/mol. The Morgan fingerprint density at radius 1 is 1.53 bits per heavy atom. The van der Waals surface area contributed by atoms with Gasteiger partial charge in [-0.15, -0.1) is 18.2 Å². The second kappa shape index (κ2) is 8.20. The van der Waals surface area contributed by atoms with E-state index in [1.807, 2.05) is 24.3 Å². The third-order valence-electron chi connectivity index (χ3n) is 2.11. The van der Waals surface area contributed by atoms with Gasteiger partial charge in [0.15, 0.2) is 0 Å². The van der Waals surface area contributed by atoms with Crippen molar-refractivity contribution in [2.75, 3.05) is 18.1 Å². The lowest BCUT2D eigenvalue weighted by atomic mass is 10.1. The topological polar surface area (TPSA) is 29.1 Å². The highest BCUT2D eigenvalue weighted by atomic mass is 35.5. The molecule has 1 N–H and O–H groups in total. The van der Waals surface area contributed by atoms with Crippen molar-refractivity contribution in [2.24, 2.45) is 0 Å². The van der Waals surface area contributed by atoms with Crippen LogP contribution in [0.4, 0.5) is 0 Å². The van der Waals surface area contributed by atoms with Gasteiger partial charge in [0.2, 0.25) is 0 Å². The van der Waals surface area contributed by atoms with Gasteiger partial charge in [-0.2, -0.15) is 11.8 Å². The summed E-state index contributed by atoms with van der Waals surface area (Å²) in [6.07, 6.45) is 1.86. The number of hydrogen-bond donors (Lipinski definition) is 1. The van der Waals surface area contributed by atoms with E-state index >= 15 is 0 Å². The number of carbonyl (C=O) groups is 1. The third-order valence-corrected chi connectivity index (χ3v) is 3.38. The van der Waals surface area contributed by atoms with Crippen molar-refractivity contribution in [2.45, 2.75) is 5.88 Å². The van der Waals surface area contributed by atoms with Crippen LogP contribution in [0.15, 0.2) is 36.9 Å². The summed E-state index contributed by atoms with van der Waals surface area (Å²) < 4.78 is 0. The molecule has 0 heterocycles. The van der Waals surface area contributed by atoms with Crippen molar-refractivity contribution in [3.63, 3.8) is 0 Å². The van der Waals surface area contributed by atoms with Gasteiger partial charge in [0.05, 0.1) is 0 Å². The first kappa shape index (κ1) is 14.1. The number of benzene rings is 1. The number of thioether (sulfide) groups is 1. The molecule has 4 heteroatoms. The van der Waals surface area contributed by atoms with Crippen LogP contribution in [0.5, 0.6) is 0 Å². The molecule has 0 aromatic heterocycles. The SMILES string of the molecule is C=CCSCCNC(=O)c1cccc(CCl)c1. The molecule has 1 aromatic carbocycles. The molecule has 0 aliphatic rings. The molecule has 0 saturated carbocycles. The Balaban J connectivity index is 2.38. The lowest BCUT2D eigenvalue weighted by molar-refractivity contribution is 0.0956. The lowest BCUT2D eigenvalue weighted by Gasteiger charge is -2.05. The molecule has 2 nitrogen and oxygen atoms in total. The van der Waals surface area contributed by atoms with Crippen molar-refractivity contribution < 1.29 is 4.79 Å². The first-order valence-corrected chi connectivity index (χ1v) is 7.08. The van der Waals surface area contributed by atoms with Crippen molar-refractivity contribution in [1.82, 2.24) is 5.32 Å². The number of hydrogen-bond acceptors (Lipinski definition) is 2. The molecule has 1 amide bonds. The quantitative estimate of drug-likeness (QED) is 0.468. The second-order valence-corrected chi connectivity index (χ2v) is 4.87. The van der Waals surface area contributed by atoms with E-state index in [9.17, 15) is 4.79 Å². The average Bonchev–Trinajstić information content (AvgIpc) is 2.38. The Hall–Kier alpha value is -0.930. The fourth-order valence-corrected chi connectivity index (χ4v) is 2.05. The maximum Gasteiger partial charge on any atom is 0.251 e. The predicted octanol–water partition coefficient (Wildman–Crippen LogP) is 3.07. The standard InChI is InChI=1S/C13H16ClNOS/c1-2-7-17-8-6-15-13(16)12-5-3-4-11(9-12)10-14/h2-5,9H,1,6-8,10H2,(H,15,16). The summed E-state index contributed by atoms with van der Waals surface area (Å²) >= 11 is 7.46. The molecule has 0 fully saturated rings. The van der Waals surface area contributed by atoms with Gasteiger partial charge < -0.3 is 5.32 Å². The Morgan fingerprint density at radius 2 is 2.35 bits per heavy atom. The number of amides is 1. The van der Waals surface area contributed by atoms with E-state index in [2.05, 4.69) is 11.9 Å². The van der Waals surface area contributed by atoms with E-state index in [-0.39, 0.29) is 5.91 Å². The molecule has 0 aliphatic carbocycles. The number of rotatable bonds is 7. The third kappa shape index (κ3) is 5.29. The average molecular weight is 270 g/mol. The van der Waals surface area contributed by atoms with E-state index in [1.54, 1.807) is 17.8 Å². The van der Waals surface area contributed by atoms with Crippen LogP contribution in [0.25, 0.3) is 0 Å². The van der Waals surface area contributed by atoms with Crippen molar-refractivity contribution >= 4 is 29.3 Å². The summed E-state index contributed by atoms with van der Waals surface area (Å²) in [6, 6.07) is 7.37. The van der Waals surface area contributed by atoms with E-state index in [4.69, 9.17) is 11.6 Å². The molecule has 92 valence electrons. The van der Waals surface area contributed by atoms with Gasteiger partial charge in [0, 0.05) is 29.5 Å². The Labute approximate surface area is 111 Å². The zero-order valence-electron chi connectivity index (χ0n) is 9.62. The van der Waals surface area contributed by atoms with E-state index in [0.29, 0.717) is 18.0 Å². The van der Waals surface area contributed by atoms with Gasteiger partial charge >= 0.3 is 0 Å². The van der Waals surface area contributed by atoms with E-state index < -0.39 is 0 Å². The van der Waals surface area contributed by atoms with Gasteiger partial charge in [-0.05, 0) is 17.7 Å². The van der Waals surface area contributed by atoms with Gasteiger partial charge in [-0.3, -0.25) is 4.79 Å². The fourth-order valence-electron chi connectivity index (χ4n) is 1.30. The monoisotopic (exact) mass is 269 g/mol. The normalized spacial score (nSPS) is 9.94. The highest BCUT2D eigenvalue weighted by molar-refractivity contribution is 7.99. The molecule has 0 radical (unpaired) electrons. The smallest absolute Gasteiger partial charge is 0.251 e. The van der Waals surface area contributed by atoms with Crippen LogP contribution >= 0.6 is 23.4 Å². The molecule has 1 rings (SSSR count). The minimum absolute atomic E-state index is 0.0452. The van der Waals surface area contributed by atoms with Crippen LogP contribution < -0.4 is 5.32 Å². The molecule has 0 spiro atoms. The zero-order chi connectivity index (χ0) is 12.5. The Bertz CT molecular complexity index is 381. The molecule has 1 aromatic rings. The maximum atomic E-state index is 11.8. The Kier molecular flexibility index (Phi) is 6.82. The highest BCUT2D eigenvalue weighted by Gasteiger charge is 2.04. The minimum Gasteiger partial charge on any atom is -0.351 e. The Morgan fingerprint density at radius 3 is 3.06 bits per heavy atom. The van der Waals surface area contributed by atoms with Gasteiger partial charge in [0.1, 0.15) is 0 Å². The van der Waals surface area contributed by atoms with Gasteiger partial charge in [-0.25, -0.2) is 0 Å². The summed E-state index contributed by atoms with van der Waals surface area (Å²) in [5.74, 6) is 2.19. The van der Waals surface area contributed by atoms with Crippen LogP contribution in [0.2, 0.25) is 0 Å². The highest BCUT2D eigenvalue weighted by Crippen LogP contribution is 2.07. The maximum absolute atomic E-state index is 11.8. The van der Waals surface area contributed by atoms with Crippen molar-refractivity contribution in [3.05, 3.63) is 48.0 Å². The first-order chi connectivity index (χ1) is 8.27. The van der Waals surface area contributed by atoms with E-state index in [0.717, 1.165) is 17.1 Å². The molecule has 0 saturated heterocycles. The summed E-state index contributed by atoms with van der Waals surface area (Å²) in [4.78, 5) is 11.8. The van der Waals surface area contributed by atoms with Crippen LogP contribution in [-0.4, -0.2) is 24.0 Å². The summed E-state index contributed by atoms with van der Waals surface area (Å²) in [7, 11) is 0. The summed E-state index contributed by atoms with van der Waals surface area (Å²) in [6.45, 7) is 4.31. The number of alkyl halides is 1. The number of nitrogens with one attached hydrogen (secondary N) is 1. The van der Waals surface area contributed by atoms with Gasteiger partial charge in [-0.1, -0.05) is 18.2 Å². The molecule has 0 bridgehead atoms. The van der Waals surface area contributed by atoms with Crippen LogP contribution in [-0.2, 0) is 5.88 Å². The van der Waals surface area contributed by atoms with Crippen LogP contribution in [0, 0.1) is 0 Å². The zero-order valence-corrected chi connectivity index (χ0v) is 11.2. The lowest BCUT2D eigenvalue weighted by Crippen LogP contribution is -2.25. The molecule has 0 aliphatic heterocycles. The predicted molar refractivity (Wildman–Crippen MR) is 75.9 cm³/mol. The molecular formula is C13H16ClNOS. The van der Waals surface area contributed by atoms with Crippen molar-refractivity contribution in [1.29, 1.82) is 0 Å². The number of halogens is 1. The summed E-state index contributed by atoms with van der Waals surface area (Å²) in [5.41, 5.74) is 1.62. The van der Waals surface area contributed by atoms with Crippen LogP contribution in [0.3, 0.4) is 0 Å². The molecule has 0 unspecified atom stereocenters.